The maximum Gasteiger partial charge on any atom is 0.227 e. The van der Waals surface area contributed by atoms with Gasteiger partial charge < -0.3 is 9.80 Å². The maximum absolute atomic E-state index is 12.8. The summed E-state index contributed by atoms with van der Waals surface area (Å²) in [7, 11) is 0. The van der Waals surface area contributed by atoms with E-state index in [2.05, 4.69) is 33.1 Å². The van der Waals surface area contributed by atoms with Gasteiger partial charge in [0.1, 0.15) is 5.82 Å². The molecule has 26 heavy (non-hydrogen) atoms. The fourth-order valence-electron chi connectivity index (χ4n) is 4.13. The molecule has 1 amide bonds. The lowest BCUT2D eigenvalue weighted by Crippen LogP contribution is -2.37. The standard InChI is InChI=1S/C21H26N4O/c1-15-14-22-16(2)21(23-15)24-10-7-17(8-11-24)13-20(26)25-12-9-18-5-3-4-6-19(18)25/h3-6,14,17H,7-13H2,1-2H3. The molecule has 5 nitrogen and oxygen atoms in total. The van der Waals surface area contributed by atoms with E-state index in [1.165, 1.54) is 5.56 Å². The number of rotatable bonds is 3. The van der Waals surface area contributed by atoms with Crippen LogP contribution in [0, 0.1) is 19.8 Å². The number of hydrogen-bond acceptors (Lipinski definition) is 4. The van der Waals surface area contributed by atoms with Gasteiger partial charge in [0, 0.05) is 37.9 Å². The van der Waals surface area contributed by atoms with Gasteiger partial charge in [0.05, 0.1) is 11.4 Å². The zero-order valence-electron chi connectivity index (χ0n) is 15.6. The van der Waals surface area contributed by atoms with E-state index < -0.39 is 0 Å². The summed E-state index contributed by atoms with van der Waals surface area (Å²) in [5, 5.41) is 0. The van der Waals surface area contributed by atoms with Crippen molar-refractivity contribution < 1.29 is 4.79 Å². The maximum atomic E-state index is 12.8. The Hall–Kier alpha value is -2.43. The average molecular weight is 350 g/mol. The van der Waals surface area contributed by atoms with E-state index in [0.717, 1.165) is 61.8 Å². The highest BCUT2D eigenvalue weighted by Gasteiger charge is 2.28. The molecule has 0 bridgehead atoms. The Morgan fingerprint density at radius 3 is 2.73 bits per heavy atom. The molecule has 136 valence electrons. The van der Waals surface area contributed by atoms with Crippen molar-refractivity contribution in [3.63, 3.8) is 0 Å². The third-order valence-electron chi connectivity index (χ3n) is 5.62. The zero-order valence-corrected chi connectivity index (χ0v) is 15.6. The van der Waals surface area contributed by atoms with E-state index in [-0.39, 0.29) is 5.91 Å². The van der Waals surface area contributed by atoms with Gasteiger partial charge in [-0.2, -0.15) is 0 Å². The molecule has 1 aromatic carbocycles. The highest BCUT2D eigenvalue weighted by Crippen LogP contribution is 2.31. The fraction of sp³-hybridized carbons (Fsp3) is 0.476. The third kappa shape index (κ3) is 3.30. The van der Waals surface area contributed by atoms with Crippen LogP contribution >= 0.6 is 0 Å². The molecule has 0 N–H and O–H groups in total. The number of fused-ring (bicyclic) bond motifs is 1. The van der Waals surface area contributed by atoms with Crippen molar-refractivity contribution in [3.8, 4) is 0 Å². The second kappa shape index (κ2) is 7.06. The Kier molecular flexibility index (Phi) is 4.62. The summed E-state index contributed by atoms with van der Waals surface area (Å²) < 4.78 is 0. The molecule has 2 aliphatic rings. The predicted octanol–water partition coefficient (Wildman–Crippen LogP) is 3.29. The van der Waals surface area contributed by atoms with Crippen molar-refractivity contribution in [1.29, 1.82) is 0 Å². The topological polar surface area (TPSA) is 49.3 Å². The summed E-state index contributed by atoms with van der Waals surface area (Å²) in [6, 6.07) is 8.28. The lowest BCUT2D eigenvalue weighted by atomic mass is 9.93. The molecule has 3 heterocycles. The first-order chi connectivity index (χ1) is 12.6. The number of nitrogens with zero attached hydrogens (tertiary/aromatic N) is 4. The lowest BCUT2D eigenvalue weighted by molar-refractivity contribution is -0.119. The summed E-state index contributed by atoms with van der Waals surface area (Å²) in [5.41, 5.74) is 4.35. The molecule has 5 heteroatoms. The molecule has 0 unspecified atom stereocenters. The zero-order chi connectivity index (χ0) is 18.1. The average Bonchev–Trinajstić information content (AvgIpc) is 3.09. The van der Waals surface area contributed by atoms with Crippen LogP contribution < -0.4 is 9.80 Å². The molecular weight excluding hydrogens is 324 g/mol. The van der Waals surface area contributed by atoms with Crippen molar-refractivity contribution in [2.75, 3.05) is 29.4 Å². The number of benzene rings is 1. The van der Waals surface area contributed by atoms with Gasteiger partial charge in [-0.25, -0.2) is 4.98 Å². The monoisotopic (exact) mass is 350 g/mol. The Balaban J connectivity index is 1.36. The molecule has 0 aliphatic carbocycles. The highest BCUT2D eigenvalue weighted by atomic mass is 16.2. The Bertz CT molecular complexity index is 811. The quantitative estimate of drug-likeness (QED) is 0.852. The van der Waals surface area contributed by atoms with Gasteiger partial charge in [0.25, 0.3) is 0 Å². The molecule has 0 spiro atoms. The van der Waals surface area contributed by atoms with E-state index in [0.29, 0.717) is 12.3 Å². The summed E-state index contributed by atoms with van der Waals surface area (Å²) in [6.45, 7) is 6.73. The first-order valence-corrected chi connectivity index (χ1v) is 9.55. The van der Waals surface area contributed by atoms with Crippen LogP contribution in [0.4, 0.5) is 11.5 Å². The van der Waals surface area contributed by atoms with E-state index in [9.17, 15) is 4.79 Å². The fourth-order valence-corrected chi connectivity index (χ4v) is 4.13. The first-order valence-electron chi connectivity index (χ1n) is 9.55. The molecule has 2 aliphatic heterocycles. The van der Waals surface area contributed by atoms with Crippen LogP contribution in [-0.4, -0.2) is 35.5 Å². The Morgan fingerprint density at radius 2 is 1.92 bits per heavy atom. The van der Waals surface area contributed by atoms with Gasteiger partial charge in [0.15, 0.2) is 0 Å². The Labute approximate surface area is 155 Å². The molecular formula is C21H26N4O. The van der Waals surface area contributed by atoms with E-state index in [4.69, 9.17) is 0 Å². The Morgan fingerprint density at radius 1 is 1.15 bits per heavy atom. The van der Waals surface area contributed by atoms with Crippen LogP contribution in [0.25, 0.3) is 0 Å². The van der Waals surface area contributed by atoms with Crippen LogP contribution in [0.15, 0.2) is 30.5 Å². The van der Waals surface area contributed by atoms with E-state index in [1.807, 2.05) is 31.0 Å². The largest absolute Gasteiger partial charge is 0.355 e. The van der Waals surface area contributed by atoms with Gasteiger partial charge in [-0.1, -0.05) is 18.2 Å². The first kappa shape index (κ1) is 17.0. The minimum Gasteiger partial charge on any atom is -0.355 e. The van der Waals surface area contributed by atoms with Crippen LogP contribution in [-0.2, 0) is 11.2 Å². The van der Waals surface area contributed by atoms with Crippen molar-refractivity contribution in [3.05, 3.63) is 47.4 Å². The molecule has 0 atom stereocenters. The number of carbonyl (C=O) groups is 1. The molecule has 2 aromatic rings. The normalized spacial score (nSPS) is 17.5. The van der Waals surface area contributed by atoms with Crippen LogP contribution in [0.1, 0.15) is 36.2 Å². The lowest BCUT2D eigenvalue weighted by Gasteiger charge is -2.33. The van der Waals surface area contributed by atoms with E-state index in [1.54, 1.807) is 0 Å². The summed E-state index contributed by atoms with van der Waals surface area (Å²) >= 11 is 0. The van der Waals surface area contributed by atoms with Crippen molar-refractivity contribution in [1.82, 2.24) is 9.97 Å². The van der Waals surface area contributed by atoms with Crippen molar-refractivity contribution in [2.45, 2.75) is 39.5 Å². The van der Waals surface area contributed by atoms with Crippen LogP contribution in [0.2, 0.25) is 0 Å². The molecule has 1 saturated heterocycles. The number of carbonyl (C=O) groups excluding carboxylic acids is 1. The van der Waals surface area contributed by atoms with Gasteiger partial charge in [-0.05, 0) is 50.7 Å². The molecule has 0 saturated carbocycles. The minimum atomic E-state index is 0.278. The number of hydrogen-bond donors (Lipinski definition) is 0. The van der Waals surface area contributed by atoms with Crippen LogP contribution in [0.3, 0.4) is 0 Å². The second-order valence-electron chi connectivity index (χ2n) is 7.48. The van der Waals surface area contributed by atoms with Crippen molar-refractivity contribution in [2.24, 2.45) is 5.92 Å². The number of piperidine rings is 1. The number of aromatic nitrogens is 2. The smallest absolute Gasteiger partial charge is 0.227 e. The number of para-hydroxylation sites is 1. The molecule has 0 radical (unpaired) electrons. The predicted molar refractivity (Wildman–Crippen MR) is 104 cm³/mol. The van der Waals surface area contributed by atoms with Crippen molar-refractivity contribution >= 4 is 17.4 Å². The minimum absolute atomic E-state index is 0.278. The summed E-state index contributed by atoms with van der Waals surface area (Å²) in [4.78, 5) is 26.2. The number of anilines is 2. The second-order valence-corrected chi connectivity index (χ2v) is 7.48. The van der Waals surface area contributed by atoms with Gasteiger partial charge in [0.2, 0.25) is 5.91 Å². The summed E-state index contributed by atoms with van der Waals surface area (Å²) in [5.74, 6) is 1.74. The van der Waals surface area contributed by atoms with Crippen LogP contribution in [0.5, 0.6) is 0 Å². The van der Waals surface area contributed by atoms with E-state index >= 15 is 0 Å². The van der Waals surface area contributed by atoms with Gasteiger partial charge in [-0.3, -0.25) is 9.78 Å². The number of aryl methyl sites for hydroxylation is 2. The van der Waals surface area contributed by atoms with Gasteiger partial charge in [-0.15, -0.1) is 0 Å². The van der Waals surface area contributed by atoms with Gasteiger partial charge >= 0.3 is 0 Å². The molecule has 4 rings (SSSR count). The summed E-state index contributed by atoms with van der Waals surface area (Å²) in [6.07, 6.45) is 5.52. The number of amides is 1. The highest BCUT2D eigenvalue weighted by molar-refractivity contribution is 5.95. The molecule has 1 aromatic heterocycles. The third-order valence-corrected chi connectivity index (χ3v) is 5.62. The molecule has 1 fully saturated rings. The SMILES string of the molecule is Cc1cnc(C)c(N2CCC(CC(=O)N3CCc4ccccc43)CC2)n1.